The van der Waals surface area contributed by atoms with Gasteiger partial charge in [-0.05, 0) is 32.3 Å². The SMILES string of the molecule is CCC(=O)N1CCCC1c1cc(C)cc(C)c1. The topological polar surface area (TPSA) is 20.3 Å². The van der Waals surface area contributed by atoms with Crippen molar-refractivity contribution in [3.63, 3.8) is 0 Å². The Kier molecular flexibility index (Phi) is 3.51. The summed E-state index contributed by atoms with van der Waals surface area (Å²) < 4.78 is 0. The molecule has 1 aliphatic heterocycles. The van der Waals surface area contributed by atoms with Crippen LogP contribution in [0.3, 0.4) is 0 Å². The Labute approximate surface area is 104 Å². The van der Waals surface area contributed by atoms with Crippen LogP contribution < -0.4 is 0 Å². The van der Waals surface area contributed by atoms with Gasteiger partial charge in [-0.3, -0.25) is 4.79 Å². The molecule has 0 saturated carbocycles. The van der Waals surface area contributed by atoms with E-state index in [9.17, 15) is 4.79 Å². The van der Waals surface area contributed by atoms with Gasteiger partial charge in [-0.15, -0.1) is 0 Å². The van der Waals surface area contributed by atoms with E-state index in [1.165, 1.54) is 16.7 Å². The molecule has 0 aromatic heterocycles. The number of nitrogens with zero attached hydrogens (tertiary/aromatic N) is 1. The predicted octanol–water partition coefficient (Wildman–Crippen LogP) is 3.38. The van der Waals surface area contributed by atoms with Gasteiger partial charge in [0.2, 0.25) is 5.91 Å². The van der Waals surface area contributed by atoms with Gasteiger partial charge in [0.25, 0.3) is 0 Å². The molecular formula is C15H21NO. The number of amides is 1. The summed E-state index contributed by atoms with van der Waals surface area (Å²) in [5.74, 6) is 0.284. The van der Waals surface area contributed by atoms with Gasteiger partial charge < -0.3 is 4.90 Å². The monoisotopic (exact) mass is 231 g/mol. The quantitative estimate of drug-likeness (QED) is 0.764. The molecule has 0 radical (unpaired) electrons. The first-order valence-corrected chi connectivity index (χ1v) is 6.49. The lowest BCUT2D eigenvalue weighted by Crippen LogP contribution is -2.29. The summed E-state index contributed by atoms with van der Waals surface area (Å²) in [4.78, 5) is 13.9. The van der Waals surface area contributed by atoms with E-state index in [2.05, 4.69) is 32.0 Å². The maximum atomic E-state index is 11.9. The number of hydrogen-bond donors (Lipinski definition) is 0. The maximum absolute atomic E-state index is 11.9. The summed E-state index contributed by atoms with van der Waals surface area (Å²) in [6.07, 6.45) is 2.85. The number of benzene rings is 1. The largest absolute Gasteiger partial charge is 0.336 e. The smallest absolute Gasteiger partial charge is 0.222 e. The van der Waals surface area contributed by atoms with Crippen LogP contribution in [0.2, 0.25) is 0 Å². The maximum Gasteiger partial charge on any atom is 0.222 e. The fourth-order valence-electron chi connectivity index (χ4n) is 2.82. The van der Waals surface area contributed by atoms with Crippen LogP contribution in [0.1, 0.15) is 48.9 Å². The number of carbonyl (C=O) groups is 1. The first-order valence-electron chi connectivity index (χ1n) is 6.49. The lowest BCUT2D eigenvalue weighted by atomic mass is 9.99. The van der Waals surface area contributed by atoms with Gasteiger partial charge in [0.1, 0.15) is 0 Å². The Bertz CT molecular complexity index is 405. The minimum absolute atomic E-state index is 0.284. The third-order valence-electron chi connectivity index (χ3n) is 3.50. The Morgan fingerprint density at radius 3 is 2.53 bits per heavy atom. The second-order valence-electron chi connectivity index (χ2n) is 5.02. The summed E-state index contributed by atoms with van der Waals surface area (Å²) >= 11 is 0. The van der Waals surface area contributed by atoms with Gasteiger partial charge in [0.15, 0.2) is 0 Å². The van der Waals surface area contributed by atoms with Crippen molar-refractivity contribution in [1.82, 2.24) is 4.90 Å². The highest BCUT2D eigenvalue weighted by molar-refractivity contribution is 5.76. The highest BCUT2D eigenvalue weighted by Crippen LogP contribution is 2.33. The van der Waals surface area contributed by atoms with E-state index in [0.29, 0.717) is 12.5 Å². The van der Waals surface area contributed by atoms with Crippen LogP contribution in [0.5, 0.6) is 0 Å². The predicted molar refractivity (Wildman–Crippen MR) is 69.9 cm³/mol. The van der Waals surface area contributed by atoms with Gasteiger partial charge in [-0.2, -0.15) is 0 Å². The molecule has 92 valence electrons. The molecule has 1 fully saturated rings. The molecule has 2 heteroatoms. The highest BCUT2D eigenvalue weighted by atomic mass is 16.2. The minimum atomic E-state index is 0.284. The van der Waals surface area contributed by atoms with Crippen molar-refractivity contribution < 1.29 is 4.79 Å². The Hall–Kier alpha value is -1.31. The Morgan fingerprint density at radius 1 is 1.29 bits per heavy atom. The second kappa shape index (κ2) is 4.91. The zero-order chi connectivity index (χ0) is 12.4. The molecule has 0 spiro atoms. The second-order valence-corrected chi connectivity index (χ2v) is 5.02. The van der Waals surface area contributed by atoms with E-state index in [-0.39, 0.29) is 5.91 Å². The van der Waals surface area contributed by atoms with Crippen molar-refractivity contribution in [3.05, 3.63) is 34.9 Å². The Balaban J connectivity index is 2.28. The van der Waals surface area contributed by atoms with Crippen LogP contribution in [0.15, 0.2) is 18.2 Å². The fourth-order valence-corrected chi connectivity index (χ4v) is 2.82. The van der Waals surface area contributed by atoms with Crippen molar-refractivity contribution in [2.75, 3.05) is 6.54 Å². The normalized spacial score (nSPS) is 19.7. The fraction of sp³-hybridized carbons (Fsp3) is 0.533. The average molecular weight is 231 g/mol. The molecule has 1 saturated heterocycles. The summed E-state index contributed by atoms with van der Waals surface area (Å²) in [6, 6.07) is 6.93. The molecule has 1 heterocycles. The van der Waals surface area contributed by atoms with Gasteiger partial charge >= 0.3 is 0 Å². The molecule has 1 unspecified atom stereocenters. The van der Waals surface area contributed by atoms with E-state index in [1.54, 1.807) is 0 Å². The summed E-state index contributed by atoms with van der Waals surface area (Å²) in [5.41, 5.74) is 3.88. The standard InChI is InChI=1S/C15H21NO/c1-4-15(17)16-7-5-6-14(16)13-9-11(2)8-12(3)10-13/h8-10,14H,4-7H2,1-3H3. The van der Waals surface area contributed by atoms with E-state index in [0.717, 1.165) is 19.4 Å². The van der Waals surface area contributed by atoms with Crippen LogP contribution in [-0.2, 0) is 4.79 Å². The van der Waals surface area contributed by atoms with Crippen LogP contribution >= 0.6 is 0 Å². The van der Waals surface area contributed by atoms with Gasteiger partial charge in [-0.1, -0.05) is 36.2 Å². The molecule has 1 atom stereocenters. The molecule has 2 nitrogen and oxygen atoms in total. The summed E-state index contributed by atoms with van der Waals surface area (Å²) in [7, 11) is 0. The molecule has 1 aliphatic rings. The zero-order valence-corrected chi connectivity index (χ0v) is 11.0. The van der Waals surface area contributed by atoms with Gasteiger partial charge in [-0.25, -0.2) is 0 Å². The summed E-state index contributed by atoms with van der Waals surface area (Å²) in [5, 5.41) is 0. The molecule has 2 rings (SSSR count). The summed E-state index contributed by atoms with van der Waals surface area (Å²) in [6.45, 7) is 7.11. The molecule has 1 aromatic carbocycles. The minimum Gasteiger partial charge on any atom is -0.336 e. The molecule has 1 aromatic rings. The van der Waals surface area contributed by atoms with Crippen LogP contribution in [0.25, 0.3) is 0 Å². The van der Waals surface area contributed by atoms with Gasteiger partial charge in [0, 0.05) is 13.0 Å². The van der Waals surface area contributed by atoms with E-state index >= 15 is 0 Å². The molecule has 0 bridgehead atoms. The molecule has 0 N–H and O–H groups in total. The third-order valence-corrected chi connectivity index (χ3v) is 3.50. The van der Waals surface area contributed by atoms with Crippen molar-refractivity contribution in [2.24, 2.45) is 0 Å². The van der Waals surface area contributed by atoms with Crippen molar-refractivity contribution in [1.29, 1.82) is 0 Å². The van der Waals surface area contributed by atoms with E-state index < -0.39 is 0 Å². The van der Waals surface area contributed by atoms with Crippen LogP contribution in [0, 0.1) is 13.8 Å². The molecule has 0 aliphatic carbocycles. The van der Waals surface area contributed by atoms with E-state index in [4.69, 9.17) is 0 Å². The lowest BCUT2D eigenvalue weighted by molar-refractivity contribution is -0.131. The average Bonchev–Trinajstić information content (AvgIpc) is 2.75. The first kappa shape index (κ1) is 12.2. The number of hydrogen-bond acceptors (Lipinski definition) is 1. The highest BCUT2D eigenvalue weighted by Gasteiger charge is 2.28. The molecule has 1 amide bonds. The number of likely N-dealkylation sites (tertiary alicyclic amines) is 1. The first-order chi connectivity index (χ1) is 8.11. The lowest BCUT2D eigenvalue weighted by Gasteiger charge is -2.25. The molecule has 17 heavy (non-hydrogen) atoms. The van der Waals surface area contributed by atoms with Crippen molar-refractivity contribution in [3.8, 4) is 0 Å². The van der Waals surface area contributed by atoms with Crippen LogP contribution in [-0.4, -0.2) is 17.4 Å². The third kappa shape index (κ3) is 2.51. The zero-order valence-electron chi connectivity index (χ0n) is 11.0. The number of carbonyl (C=O) groups excluding carboxylic acids is 1. The Morgan fingerprint density at radius 2 is 1.94 bits per heavy atom. The van der Waals surface area contributed by atoms with Crippen LogP contribution in [0.4, 0.5) is 0 Å². The van der Waals surface area contributed by atoms with Crippen molar-refractivity contribution >= 4 is 5.91 Å². The van der Waals surface area contributed by atoms with E-state index in [1.807, 2.05) is 11.8 Å². The van der Waals surface area contributed by atoms with Crippen molar-refractivity contribution in [2.45, 2.75) is 46.1 Å². The number of aryl methyl sites for hydroxylation is 2. The van der Waals surface area contributed by atoms with Gasteiger partial charge in [0.05, 0.1) is 6.04 Å². The molecular weight excluding hydrogens is 210 g/mol. The number of rotatable bonds is 2.